The van der Waals surface area contributed by atoms with Gasteiger partial charge >= 0.3 is 0 Å². The van der Waals surface area contributed by atoms with Crippen molar-refractivity contribution in [3.8, 4) is 0 Å². The van der Waals surface area contributed by atoms with Crippen molar-refractivity contribution in [3.63, 3.8) is 0 Å². The summed E-state index contributed by atoms with van der Waals surface area (Å²) in [6, 6.07) is 4.06. The number of nitrogens with one attached hydrogen (secondary N) is 1. The Kier molecular flexibility index (Phi) is 3.32. The summed E-state index contributed by atoms with van der Waals surface area (Å²) >= 11 is 0. The molecule has 1 aromatic rings. The molecule has 2 rings (SSSR count). The van der Waals surface area contributed by atoms with Crippen LogP contribution < -0.4 is 10.9 Å². The van der Waals surface area contributed by atoms with Gasteiger partial charge in [-0.3, -0.25) is 4.79 Å². The first kappa shape index (κ1) is 11.2. The molecule has 2 unspecified atom stereocenters. The topological polar surface area (TPSA) is 34.0 Å². The minimum Gasteiger partial charge on any atom is -0.381 e. The summed E-state index contributed by atoms with van der Waals surface area (Å²) in [4.78, 5) is 11.3. The van der Waals surface area contributed by atoms with Crippen molar-refractivity contribution < 1.29 is 0 Å². The number of nitrogens with zero attached hydrogens (tertiary/aromatic N) is 1. The van der Waals surface area contributed by atoms with Crippen LogP contribution in [-0.2, 0) is 7.05 Å². The summed E-state index contributed by atoms with van der Waals surface area (Å²) < 4.78 is 1.62. The standard InChI is InChI=1S/C13H20N2O/c1-10-5-3-4-6-12(10)14-11-7-8-13(16)15(2)9-11/h7-10,12,14H,3-6H2,1-2H3. The molecule has 0 amide bonds. The first-order chi connectivity index (χ1) is 7.66. The van der Waals surface area contributed by atoms with E-state index in [1.54, 1.807) is 17.7 Å². The second-order valence-corrected chi connectivity index (χ2v) is 4.88. The van der Waals surface area contributed by atoms with E-state index in [1.807, 2.05) is 12.3 Å². The molecule has 0 spiro atoms. The highest BCUT2D eigenvalue weighted by atomic mass is 16.1. The Morgan fingerprint density at radius 1 is 1.31 bits per heavy atom. The van der Waals surface area contributed by atoms with Crippen LogP contribution in [0.25, 0.3) is 0 Å². The van der Waals surface area contributed by atoms with Crippen LogP contribution in [0, 0.1) is 5.92 Å². The van der Waals surface area contributed by atoms with Gasteiger partial charge in [0.1, 0.15) is 0 Å². The van der Waals surface area contributed by atoms with E-state index < -0.39 is 0 Å². The quantitative estimate of drug-likeness (QED) is 0.830. The highest BCUT2D eigenvalue weighted by Crippen LogP contribution is 2.26. The average molecular weight is 220 g/mol. The van der Waals surface area contributed by atoms with E-state index in [9.17, 15) is 4.79 Å². The van der Waals surface area contributed by atoms with Gasteiger partial charge in [-0.05, 0) is 24.8 Å². The maximum atomic E-state index is 11.3. The molecule has 3 heteroatoms. The molecule has 3 nitrogen and oxygen atoms in total. The zero-order valence-electron chi connectivity index (χ0n) is 10.1. The minimum atomic E-state index is 0.0437. The van der Waals surface area contributed by atoms with E-state index in [2.05, 4.69) is 12.2 Å². The molecule has 0 aliphatic heterocycles. The van der Waals surface area contributed by atoms with Gasteiger partial charge in [-0.1, -0.05) is 19.8 Å². The van der Waals surface area contributed by atoms with Crippen LogP contribution in [0.15, 0.2) is 23.1 Å². The second-order valence-electron chi connectivity index (χ2n) is 4.88. The Balaban J connectivity index is 2.07. The summed E-state index contributed by atoms with van der Waals surface area (Å²) in [5.41, 5.74) is 1.10. The Labute approximate surface area is 96.5 Å². The van der Waals surface area contributed by atoms with Crippen LogP contribution in [0.1, 0.15) is 32.6 Å². The molecular formula is C13H20N2O. The first-order valence-electron chi connectivity index (χ1n) is 6.10. The zero-order valence-corrected chi connectivity index (χ0v) is 10.1. The second kappa shape index (κ2) is 4.73. The predicted molar refractivity (Wildman–Crippen MR) is 66.7 cm³/mol. The third-order valence-electron chi connectivity index (χ3n) is 3.55. The van der Waals surface area contributed by atoms with Gasteiger partial charge in [0, 0.05) is 25.4 Å². The molecule has 0 aromatic carbocycles. The molecule has 0 bridgehead atoms. The molecule has 2 atom stereocenters. The van der Waals surface area contributed by atoms with Gasteiger partial charge in [0.05, 0.1) is 5.69 Å². The molecular weight excluding hydrogens is 200 g/mol. The van der Waals surface area contributed by atoms with E-state index in [0.29, 0.717) is 6.04 Å². The molecule has 0 saturated heterocycles. The third kappa shape index (κ3) is 2.46. The fraction of sp³-hybridized carbons (Fsp3) is 0.615. The number of rotatable bonds is 2. The van der Waals surface area contributed by atoms with E-state index >= 15 is 0 Å². The fourth-order valence-electron chi connectivity index (χ4n) is 2.42. The molecule has 1 fully saturated rings. The van der Waals surface area contributed by atoms with Gasteiger partial charge in [0.25, 0.3) is 0 Å². The van der Waals surface area contributed by atoms with E-state index in [-0.39, 0.29) is 5.56 Å². The zero-order chi connectivity index (χ0) is 11.5. The Morgan fingerprint density at radius 2 is 2.06 bits per heavy atom. The highest BCUT2D eigenvalue weighted by Gasteiger charge is 2.20. The van der Waals surface area contributed by atoms with Crippen LogP contribution in [0.3, 0.4) is 0 Å². The highest BCUT2D eigenvalue weighted by molar-refractivity contribution is 5.41. The maximum Gasteiger partial charge on any atom is 0.250 e. The number of aromatic nitrogens is 1. The van der Waals surface area contributed by atoms with Crippen LogP contribution in [0.2, 0.25) is 0 Å². The lowest BCUT2D eigenvalue weighted by Gasteiger charge is -2.30. The smallest absolute Gasteiger partial charge is 0.250 e. The molecule has 1 heterocycles. The van der Waals surface area contributed by atoms with E-state index in [1.165, 1.54) is 25.7 Å². The number of hydrogen-bond donors (Lipinski definition) is 1. The molecule has 1 N–H and O–H groups in total. The van der Waals surface area contributed by atoms with Crippen molar-refractivity contribution in [2.75, 3.05) is 5.32 Å². The lowest BCUT2D eigenvalue weighted by Crippen LogP contribution is -2.30. The normalized spacial score (nSPS) is 25.4. The van der Waals surface area contributed by atoms with Crippen molar-refractivity contribution in [2.24, 2.45) is 13.0 Å². The molecule has 16 heavy (non-hydrogen) atoms. The monoisotopic (exact) mass is 220 g/mol. The number of aryl methyl sites for hydroxylation is 1. The fourth-order valence-corrected chi connectivity index (χ4v) is 2.42. The molecule has 1 saturated carbocycles. The summed E-state index contributed by atoms with van der Waals surface area (Å²) in [5.74, 6) is 0.728. The Hall–Kier alpha value is -1.25. The molecule has 1 aliphatic rings. The van der Waals surface area contributed by atoms with Gasteiger partial charge in [-0.25, -0.2) is 0 Å². The lowest BCUT2D eigenvalue weighted by atomic mass is 9.86. The van der Waals surface area contributed by atoms with Gasteiger partial charge in [0.15, 0.2) is 0 Å². The summed E-state index contributed by atoms with van der Waals surface area (Å²) in [5, 5.41) is 3.54. The van der Waals surface area contributed by atoms with E-state index in [0.717, 1.165) is 11.6 Å². The molecule has 1 aliphatic carbocycles. The van der Waals surface area contributed by atoms with Crippen molar-refractivity contribution in [3.05, 3.63) is 28.7 Å². The Bertz CT molecular complexity index is 411. The van der Waals surface area contributed by atoms with Crippen LogP contribution in [0.5, 0.6) is 0 Å². The van der Waals surface area contributed by atoms with Crippen LogP contribution in [0.4, 0.5) is 5.69 Å². The van der Waals surface area contributed by atoms with Crippen molar-refractivity contribution in [1.82, 2.24) is 4.57 Å². The van der Waals surface area contributed by atoms with Crippen molar-refractivity contribution in [1.29, 1.82) is 0 Å². The largest absolute Gasteiger partial charge is 0.381 e. The van der Waals surface area contributed by atoms with Gasteiger partial charge in [-0.15, -0.1) is 0 Å². The minimum absolute atomic E-state index is 0.0437. The van der Waals surface area contributed by atoms with E-state index in [4.69, 9.17) is 0 Å². The molecule has 0 radical (unpaired) electrons. The molecule has 1 aromatic heterocycles. The predicted octanol–water partition coefficient (Wildman–Crippen LogP) is 2.38. The summed E-state index contributed by atoms with van der Waals surface area (Å²) in [7, 11) is 1.79. The maximum absolute atomic E-state index is 11.3. The molecule has 88 valence electrons. The van der Waals surface area contributed by atoms with Gasteiger partial charge < -0.3 is 9.88 Å². The van der Waals surface area contributed by atoms with Crippen molar-refractivity contribution in [2.45, 2.75) is 38.6 Å². The SMILES string of the molecule is CC1CCCCC1Nc1ccc(=O)n(C)c1. The van der Waals surface area contributed by atoms with Crippen LogP contribution >= 0.6 is 0 Å². The summed E-state index contributed by atoms with van der Waals surface area (Å²) in [6.45, 7) is 2.30. The van der Waals surface area contributed by atoms with Crippen molar-refractivity contribution >= 4 is 5.69 Å². The summed E-state index contributed by atoms with van der Waals surface area (Å²) in [6.07, 6.45) is 7.09. The lowest BCUT2D eigenvalue weighted by molar-refractivity contribution is 0.349. The Morgan fingerprint density at radius 3 is 2.75 bits per heavy atom. The first-order valence-corrected chi connectivity index (χ1v) is 6.10. The third-order valence-corrected chi connectivity index (χ3v) is 3.55. The van der Waals surface area contributed by atoms with Gasteiger partial charge in [0.2, 0.25) is 5.56 Å². The van der Waals surface area contributed by atoms with Gasteiger partial charge in [-0.2, -0.15) is 0 Å². The number of pyridine rings is 1. The average Bonchev–Trinajstić information content (AvgIpc) is 2.27. The van der Waals surface area contributed by atoms with Crippen LogP contribution in [-0.4, -0.2) is 10.6 Å². The number of anilines is 1. The number of hydrogen-bond acceptors (Lipinski definition) is 2.